The molecule has 1 aliphatic rings. The first kappa shape index (κ1) is 9.52. The summed E-state index contributed by atoms with van der Waals surface area (Å²) in [6, 6.07) is 0. The third-order valence-electron chi connectivity index (χ3n) is 2.38. The van der Waals surface area contributed by atoms with Crippen molar-refractivity contribution in [2.24, 2.45) is 5.92 Å². The highest BCUT2D eigenvalue weighted by Gasteiger charge is 2.22. The van der Waals surface area contributed by atoms with Crippen LogP contribution in [0.2, 0.25) is 0 Å². The van der Waals surface area contributed by atoms with Crippen LogP contribution in [-0.2, 0) is 4.79 Å². The Labute approximate surface area is 74.1 Å². The molecule has 0 aromatic heterocycles. The van der Waals surface area contributed by atoms with Crippen LogP contribution >= 0.6 is 0 Å². The standard InChI is InChI=1S/C9H18N2O/c1-3-4-8-7-10-5-6-11(2)9(8)12/h8,10H,3-7H2,1-2H3. The van der Waals surface area contributed by atoms with Gasteiger partial charge < -0.3 is 10.2 Å². The lowest BCUT2D eigenvalue weighted by Crippen LogP contribution is -2.33. The first-order valence-electron chi connectivity index (χ1n) is 4.71. The van der Waals surface area contributed by atoms with E-state index in [1.54, 1.807) is 0 Å². The summed E-state index contributed by atoms with van der Waals surface area (Å²) < 4.78 is 0. The van der Waals surface area contributed by atoms with E-state index in [4.69, 9.17) is 0 Å². The Morgan fingerprint density at radius 2 is 2.42 bits per heavy atom. The minimum atomic E-state index is 0.211. The van der Waals surface area contributed by atoms with Gasteiger partial charge in [0.2, 0.25) is 5.91 Å². The molecule has 3 nitrogen and oxygen atoms in total. The predicted octanol–water partition coefficient (Wildman–Crippen LogP) is 0.464. The number of hydrogen-bond acceptors (Lipinski definition) is 2. The topological polar surface area (TPSA) is 32.3 Å². The molecule has 3 heteroatoms. The molecule has 12 heavy (non-hydrogen) atoms. The van der Waals surface area contributed by atoms with Gasteiger partial charge in [0.05, 0.1) is 5.92 Å². The van der Waals surface area contributed by atoms with Crippen molar-refractivity contribution < 1.29 is 4.79 Å². The van der Waals surface area contributed by atoms with Crippen molar-refractivity contribution in [2.75, 3.05) is 26.7 Å². The van der Waals surface area contributed by atoms with E-state index >= 15 is 0 Å². The van der Waals surface area contributed by atoms with Gasteiger partial charge in [0.1, 0.15) is 0 Å². The summed E-state index contributed by atoms with van der Waals surface area (Å²) in [5, 5.41) is 3.28. The Balaban J connectivity index is 2.52. The van der Waals surface area contributed by atoms with Crippen LogP contribution < -0.4 is 5.32 Å². The van der Waals surface area contributed by atoms with E-state index < -0.39 is 0 Å². The monoisotopic (exact) mass is 170 g/mol. The number of rotatable bonds is 2. The maximum absolute atomic E-state index is 11.6. The van der Waals surface area contributed by atoms with Gasteiger partial charge in [0.15, 0.2) is 0 Å². The number of nitrogens with one attached hydrogen (secondary N) is 1. The number of nitrogens with zero attached hydrogens (tertiary/aromatic N) is 1. The van der Waals surface area contributed by atoms with Crippen LogP contribution in [0.5, 0.6) is 0 Å². The SMILES string of the molecule is CCCC1CNCCN(C)C1=O. The van der Waals surface area contributed by atoms with Gasteiger partial charge in [0, 0.05) is 26.7 Å². The molecule has 1 rings (SSSR count). The third-order valence-corrected chi connectivity index (χ3v) is 2.38. The molecule has 0 aromatic carbocycles. The van der Waals surface area contributed by atoms with Gasteiger partial charge in [0.25, 0.3) is 0 Å². The molecular formula is C9H18N2O. The van der Waals surface area contributed by atoms with Crippen molar-refractivity contribution in [3.8, 4) is 0 Å². The molecule has 1 heterocycles. The van der Waals surface area contributed by atoms with Crippen molar-refractivity contribution >= 4 is 5.91 Å². The maximum atomic E-state index is 11.6. The summed E-state index contributed by atoms with van der Waals surface area (Å²) in [5.41, 5.74) is 0. The molecule has 1 unspecified atom stereocenters. The van der Waals surface area contributed by atoms with Crippen LogP contribution in [0, 0.1) is 5.92 Å². The minimum Gasteiger partial charge on any atom is -0.344 e. The molecule has 1 amide bonds. The fraction of sp³-hybridized carbons (Fsp3) is 0.889. The van der Waals surface area contributed by atoms with Crippen LogP contribution in [0.1, 0.15) is 19.8 Å². The van der Waals surface area contributed by atoms with Crippen LogP contribution in [0.3, 0.4) is 0 Å². The van der Waals surface area contributed by atoms with Crippen LogP contribution in [0.4, 0.5) is 0 Å². The highest BCUT2D eigenvalue weighted by molar-refractivity contribution is 5.79. The summed E-state index contributed by atoms with van der Waals surface area (Å²) in [6.07, 6.45) is 2.10. The molecular weight excluding hydrogens is 152 g/mol. The molecule has 0 spiro atoms. The van der Waals surface area contributed by atoms with Gasteiger partial charge in [-0.25, -0.2) is 0 Å². The first-order valence-corrected chi connectivity index (χ1v) is 4.71. The van der Waals surface area contributed by atoms with Gasteiger partial charge in [-0.05, 0) is 6.42 Å². The first-order chi connectivity index (χ1) is 5.75. The second-order valence-corrected chi connectivity index (χ2v) is 3.45. The van der Waals surface area contributed by atoms with Crippen molar-refractivity contribution in [1.29, 1.82) is 0 Å². The highest BCUT2D eigenvalue weighted by Crippen LogP contribution is 2.10. The zero-order chi connectivity index (χ0) is 8.97. The molecule has 0 radical (unpaired) electrons. The van der Waals surface area contributed by atoms with Crippen LogP contribution in [-0.4, -0.2) is 37.5 Å². The van der Waals surface area contributed by atoms with Gasteiger partial charge in [-0.3, -0.25) is 4.79 Å². The van der Waals surface area contributed by atoms with Gasteiger partial charge in [-0.2, -0.15) is 0 Å². The Morgan fingerprint density at radius 1 is 1.67 bits per heavy atom. The molecule has 1 N–H and O–H groups in total. The molecule has 1 fully saturated rings. The van der Waals surface area contributed by atoms with E-state index in [0.717, 1.165) is 32.5 Å². The van der Waals surface area contributed by atoms with E-state index in [-0.39, 0.29) is 5.92 Å². The quantitative estimate of drug-likeness (QED) is 0.653. The number of carbonyl (C=O) groups excluding carboxylic acids is 1. The number of likely N-dealkylation sites (N-methyl/N-ethyl adjacent to an activating group) is 1. The normalized spacial score (nSPS) is 25.7. The Bertz CT molecular complexity index is 159. The number of carbonyl (C=O) groups is 1. The van der Waals surface area contributed by atoms with E-state index in [1.807, 2.05) is 11.9 Å². The second kappa shape index (κ2) is 4.45. The average molecular weight is 170 g/mol. The van der Waals surface area contributed by atoms with E-state index in [1.165, 1.54) is 0 Å². The fourth-order valence-corrected chi connectivity index (χ4v) is 1.61. The Kier molecular flexibility index (Phi) is 3.53. The van der Waals surface area contributed by atoms with Crippen LogP contribution in [0.25, 0.3) is 0 Å². The van der Waals surface area contributed by atoms with Crippen molar-refractivity contribution in [3.63, 3.8) is 0 Å². The summed E-state index contributed by atoms with van der Waals surface area (Å²) in [5.74, 6) is 0.518. The number of amides is 1. The van der Waals surface area contributed by atoms with E-state index in [9.17, 15) is 4.79 Å². The molecule has 0 saturated carbocycles. The Morgan fingerprint density at radius 3 is 3.08 bits per heavy atom. The molecule has 70 valence electrons. The van der Waals surface area contributed by atoms with Crippen molar-refractivity contribution in [2.45, 2.75) is 19.8 Å². The maximum Gasteiger partial charge on any atom is 0.226 e. The predicted molar refractivity (Wildman–Crippen MR) is 48.9 cm³/mol. The van der Waals surface area contributed by atoms with Gasteiger partial charge in [-0.1, -0.05) is 13.3 Å². The molecule has 0 aromatic rings. The number of hydrogen-bond donors (Lipinski definition) is 1. The lowest BCUT2D eigenvalue weighted by molar-refractivity contribution is -0.133. The summed E-state index contributed by atoms with van der Waals surface area (Å²) in [7, 11) is 1.89. The largest absolute Gasteiger partial charge is 0.344 e. The molecule has 0 bridgehead atoms. The minimum absolute atomic E-state index is 0.211. The molecule has 1 saturated heterocycles. The molecule has 1 atom stereocenters. The highest BCUT2D eigenvalue weighted by atomic mass is 16.2. The van der Waals surface area contributed by atoms with Crippen molar-refractivity contribution in [3.05, 3.63) is 0 Å². The van der Waals surface area contributed by atoms with E-state index in [0.29, 0.717) is 5.91 Å². The lowest BCUT2D eigenvalue weighted by Gasteiger charge is -2.18. The zero-order valence-electron chi connectivity index (χ0n) is 7.97. The second-order valence-electron chi connectivity index (χ2n) is 3.45. The van der Waals surface area contributed by atoms with E-state index in [2.05, 4.69) is 12.2 Å². The van der Waals surface area contributed by atoms with Gasteiger partial charge in [-0.15, -0.1) is 0 Å². The summed E-state index contributed by atoms with van der Waals surface area (Å²) in [4.78, 5) is 13.5. The van der Waals surface area contributed by atoms with Gasteiger partial charge >= 0.3 is 0 Å². The molecule has 0 aliphatic carbocycles. The Hall–Kier alpha value is -0.570. The van der Waals surface area contributed by atoms with Crippen LogP contribution in [0.15, 0.2) is 0 Å². The zero-order valence-corrected chi connectivity index (χ0v) is 7.97. The lowest BCUT2D eigenvalue weighted by atomic mass is 10.0. The van der Waals surface area contributed by atoms with Crippen molar-refractivity contribution in [1.82, 2.24) is 10.2 Å². The summed E-state index contributed by atoms with van der Waals surface area (Å²) >= 11 is 0. The molecule has 1 aliphatic heterocycles. The third kappa shape index (κ3) is 2.21. The summed E-state index contributed by atoms with van der Waals surface area (Å²) in [6.45, 7) is 4.76. The fourth-order valence-electron chi connectivity index (χ4n) is 1.61. The smallest absolute Gasteiger partial charge is 0.226 e. The average Bonchev–Trinajstić information content (AvgIpc) is 2.20.